The van der Waals surface area contributed by atoms with Crippen molar-refractivity contribution in [2.75, 3.05) is 24.3 Å². The molecule has 4 rings (SSSR count). The van der Waals surface area contributed by atoms with Crippen molar-refractivity contribution in [3.63, 3.8) is 0 Å². The number of rotatable bonds is 5. The number of benzene rings is 3. The zero-order valence-electron chi connectivity index (χ0n) is 14.6. The number of carbonyl (C=O) groups is 1. The molecule has 5 nitrogen and oxygen atoms in total. The highest BCUT2D eigenvalue weighted by molar-refractivity contribution is 6.06. The normalized spacial score (nSPS) is 10.9. The van der Waals surface area contributed by atoms with Gasteiger partial charge in [0.05, 0.1) is 19.3 Å². The molecule has 0 radical (unpaired) electrons. The van der Waals surface area contributed by atoms with Crippen LogP contribution in [0.3, 0.4) is 0 Å². The third kappa shape index (κ3) is 3.42. The van der Waals surface area contributed by atoms with Crippen molar-refractivity contribution in [2.45, 2.75) is 0 Å². The largest absolute Gasteiger partial charge is 0.495 e. The highest BCUT2D eigenvalue weighted by Gasteiger charge is 2.13. The van der Waals surface area contributed by atoms with Crippen molar-refractivity contribution in [1.29, 1.82) is 0 Å². The molecule has 0 aliphatic heterocycles. The van der Waals surface area contributed by atoms with Crippen molar-refractivity contribution in [2.24, 2.45) is 0 Å². The average Bonchev–Trinajstić information content (AvgIpc) is 3.04. The Kier molecular flexibility index (Phi) is 4.38. The van der Waals surface area contributed by atoms with Gasteiger partial charge >= 0.3 is 0 Å². The molecule has 0 saturated carbocycles. The highest BCUT2D eigenvalue weighted by Crippen LogP contribution is 2.36. The monoisotopic (exact) mass is 364 g/mol. The summed E-state index contributed by atoms with van der Waals surface area (Å²) in [7, 11) is 1.58. The molecule has 0 aliphatic carbocycles. The van der Waals surface area contributed by atoms with Gasteiger partial charge in [0.15, 0.2) is 0 Å². The van der Waals surface area contributed by atoms with E-state index in [4.69, 9.17) is 9.15 Å². The standard InChI is InChI=1S/C21H17FN2O3/c1-26-20-10-16-15-4-2-3-5-18(15)27-19(16)11-17(20)23-12-21(25)24-14-8-6-13(22)7-9-14/h2-11,23H,12H2,1H3,(H,24,25). The van der Waals surface area contributed by atoms with Gasteiger partial charge in [0.1, 0.15) is 22.7 Å². The zero-order valence-corrected chi connectivity index (χ0v) is 14.6. The number of carbonyl (C=O) groups excluding carboxylic acids is 1. The summed E-state index contributed by atoms with van der Waals surface area (Å²) in [4.78, 5) is 12.1. The van der Waals surface area contributed by atoms with Gasteiger partial charge in [-0.25, -0.2) is 4.39 Å². The van der Waals surface area contributed by atoms with Gasteiger partial charge in [-0.3, -0.25) is 4.79 Å². The van der Waals surface area contributed by atoms with E-state index >= 15 is 0 Å². The minimum Gasteiger partial charge on any atom is -0.495 e. The van der Waals surface area contributed by atoms with E-state index in [0.717, 1.165) is 16.4 Å². The maximum Gasteiger partial charge on any atom is 0.243 e. The van der Waals surface area contributed by atoms with E-state index in [0.29, 0.717) is 22.7 Å². The Morgan fingerprint density at radius 2 is 1.81 bits per heavy atom. The van der Waals surface area contributed by atoms with Crippen LogP contribution in [0, 0.1) is 5.82 Å². The summed E-state index contributed by atoms with van der Waals surface area (Å²) in [5.74, 6) is 0.00648. The summed E-state index contributed by atoms with van der Waals surface area (Å²) in [6, 6.07) is 17.1. The number of amides is 1. The maximum absolute atomic E-state index is 12.9. The first-order valence-corrected chi connectivity index (χ1v) is 8.42. The molecule has 27 heavy (non-hydrogen) atoms. The second kappa shape index (κ2) is 6.99. The predicted octanol–water partition coefficient (Wildman–Crippen LogP) is 4.78. The lowest BCUT2D eigenvalue weighted by Crippen LogP contribution is -2.21. The zero-order chi connectivity index (χ0) is 18.8. The molecule has 1 aromatic heterocycles. The molecule has 3 aromatic carbocycles. The van der Waals surface area contributed by atoms with Crippen LogP contribution in [0.4, 0.5) is 15.8 Å². The van der Waals surface area contributed by atoms with Crippen LogP contribution < -0.4 is 15.4 Å². The Morgan fingerprint density at radius 1 is 1.04 bits per heavy atom. The predicted molar refractivity (Wildman–Crippen MR) is 104 cm³/mol. The van der Waals surface area contributed by atoms with Crippen molar-refractivity contribution in [3.05, 3.63) is 66.5 Å². The van der Waals surface area contributed by atoms with Gasteiger partial charge in [0.2, 0.25) is 5.91 Å². The van der Waals surface area contributed by atoms with E-state index in [1.807, 2.05) is 36.4 Å². The first-order chi connectivity index (χ1) is 13.1. The molecule has 1 heterocycles. The third-order valence-corrected chi connectivity index (χ3v) is 4.27. The summed E-state index contributed by atoms with van der Waals surface area (Å²) in [5, 5.41) is 7.72. The molecule has 0 spiro atoms. The van der Waals surface area contributed by atoms with E-state index in [-0.39, 0.29) is 18.3 Å². The molecule has 136 valence electrons. The van der Waals surface area contributed by atoms with E-state index in [1.54, 1.807) is 7.11 Å². The molecular formula is C21H17FN2O3. The number of anilines is 2. The van der Waals surface area contributed by atoms with Gasteiger partial charge in [0, 0.05) is 22.5 Å². The molecule has 6 heteroatoms. The SMILES string of the molecule is COc1cc2c(cc1NCC(=O)Nc1ccc(F)cc1)oc1ccccc12. The fourth-order valence-electron chi connectivity index (χ4n) is 2.97. The lowest BCUT2D eigenvalue weighted by atomic mass is 10.1. The summed E-state index contributed by atoms with van der Waals surface area (Å²) in [6.07, 6.45) is 0. The number of nitrogens with one attached hydrogen (secondary N) is 2. The number of fused-ring (bicyclic) bond motifs is 3. The van der Waals surface area contributed by atoms with Crippen molar-refractivity contribution in [3.8, 4) is 5.75 Å². The van der Waals surface area contributed by atoms with Crippen LogP contribution in [-0.2, 0) is 4.79 Å². The number of halogens is 1. The van der Waals surface area contributed by atoms with Crippen LogP contribution >= 0.6 is 0 Å². The molecule has 0 fully saturated rings. The van der Waals surface area contributed by atoms with Gasteiger partial charge in [-0.1, -0.05) is 18.2 Å². The number of hydrogen-bond donors (Lipinski definition) is 2. The van der Waals surface area contributed by atoms with Gasteiger partial charge in [-0.15, -0.1) is 0 Å². The topological polar surface area (TPSA) is 63.5 Å². The second-order valence-electron chi connectivity index (χ2n) is 6.06. The van der Waals surface area contributed by atoms with Gasteiger partial charge in [-0.05, 0) is 36.4 Å². The van der Waals surface area contributed by atoms with Crippen LogP contribution in [0.25, 0.3) is 21.9 Å². The molecule has 2 N–H and O–H groups in total. The van der Waals surface area contributed by atoms with Crippen LogP contribution in [0.2, 0.25) is 0 Å². The van der Waals surface area contributed by atoms with E-state index in [1.165, 1.54) is 24.3 Å². The van der Waals surface area contributed by atoms with E-state index in [9.17, 15) is 9.18 Å². The minimum atomic E-state index is -0.352. The summed E-state index contributed by atoms with van der Waals surface area (Å²) in [6.45, 7) is 0.0273. The van der Waals surface area contributed by atoms with Crippen molar-refractivity contribution < 1.29 is 18.3 Å². The van der Waals surface area contributed by atoms with Crippen LogP contribution in [0.5, 0.6) is 5.75 Å². The van der Waals surface area contributed by atoms with E-state index in [2.05, 4.69) is 10.6 Å². The first kappa shape index (κ1) is 16.9. The summed E-state index contributed by atoms with van der Waals surface area (Å²) < 4.78 is 24.3. The molecule has 4 aromatic rings. The number of ether oxygens (including phenoxy) is 1. The number of para-hydroxylation sites is 1. The number of furan rings is 1. The Labute approximate surface area is 154 Å². The third-order valence-electron chi connectivity index (χ3n) is 4.27. The van der Waals surface area contributed by atoms with Crippen molar-refractivity contribution >= 4 is 39.2 Å². The van der Waals surface area contributed by atoms with Crippen LogP contribution in [0.15, 0.2) is 65.1 Å². The Morgan fingerprint density at radius 3 is 2.59 bits per heavy atom. The number of methoxy groups -OCH3 is 1. The fourth-order valence-corrected chi connectivity index (χ4v) is 2.97. The molecule has 0 bridgehead atoms. The van der Waals surface area contributed by atoms with Gasteiger partial charge in [-0.2, -0.15) is 0 Å². The first-order valence-electron chi connectivity index (χ1n) is 8.42. The smallest absolute Gasteiger partial charge is 0.243 e. The van der Waals surface area contributed by atoms with Crippen LogP contribution in [-0.4, -0.2) is 19.6 Å². The molecular weight excluding hydrogens is 347 g/mol. The Bertz CT molecular complexity index is 1120. The van der Waals surface area contributed by atoms with E-state index < -0.39 is 0 Å². The molecule has 0 unspecified atom stereocenters. The molecule has 0 aliphatic rings. The average molecular weight is 364 g/mol. The maximum atomic E-state index is 12.9. The molecule has 0 atom stereocenters. The lowest BCUT2D eigenvalue weighted by molar-refractivity contribution is -0.114. The van der Waals surface area contributed by atoms with Gasteiger partial charge < -0.3 is 19.8 Å². The number of hydrogen-bond acceptors (Lipinski definition) is 4. The Hall–Kier alpha value is -3.54. The van der Waals surface area contributed by atoms with Gasteiger partial charge in [0.25, 0.3) is 0 Å². The quantitative estimate of drug-likeness (QED) is 0.535. The summed E-state index contributed by atoms with van der Waals surface area (Å²) in [5.41, 5.74) is 2.68. The fraction of sp³-hybridized carbons (Fsp3) is 0.0952. The van der Waals surface area contributed by atoms with Crippen molar-refractivity contribution in [1.82, 2.24) is 0 Å². The molecule has 0 saturated heterocycles. The minimum absolute atomic E-state index is 0.0273. The second-order valence-corrected chi connectivity index (χ2v) is 6.06. The van der Waals surface area contributed by atoms with Crippen LogP contribution in [0.1, 0.15) is 0 Å². The highest BCUT2D eigenvalue weighted by atomic mass is 19.1. The molecule has 1 amide bonds. The lowest BCUT2D eigenvalue weighted by Gasteiger charge is -2.11. The summed E-state index contributed by atoms with van der Waals surface area (Å²) >= 11 is 0. The Balaban J connectivity index is 1.54.